The lowest BCUT2D eigenvalue weighted by Crippen LogP contribution is -2.22. The predicted molar refractivity (Wildman–Crippen MR) is 72.3 cm³/mol. The van der Waals surface area contributed by atoms with Crippen LogP contribution in [-0.4, -0.2) is 15.6 Å². The molecule has 0 amide bonds. The van der Waals surface area contributed by atoms with Crippen molar-refractivity contribution in [2.45, 2.75) is 13.0 Å². The highest BCUT2D eigenvalue weighted by Gasteiger charge is 2.08. The van der Waals surface area contributed by atoms with Crippen molar-refractivity contribution in [3.8, 4) is 6.07 Å². The van der Waals surface area contributed by atoms with Gasteiger partial charge in [-0.05, 0) is 23.3 Å². The Morgan fingerprint density at radius 1 is 1.20 bits per heavy atom. The molecule has 5 nitrogen and oxygen atoms in total. The second-order valence-corrected chi connectivity index (χ2v) is 4.31. The summed E-state index contributed by atoms with van der Waals surface area (Å²) in [6, 6.07) is 12.0. The Morgan fingerprint density at radius 3 is 2.55 bits per heavy atom. The van der Waals surface area contributed by atoms with Gasteiger partial charge in [0.05, 0.1) is 13.0 Å². The summed E-state index contributed by atoms with van der Waals surface area (Å²) in [4.78, 5) is 22.8. The predicted octanol–water partition coefficient (Wildman–Crippen LogP) is 1.40. The third-order valence-corrected chi connectivity index (χ3v) is 2.94. The van der Waals surface area contributed by atoms with Gasteiger partial charge in [-0.25, -0.2) is 0 Å². The number of benzene rings is 1. The van der Waals surface area contributed by atoms with Gasteiger partial charge in [0.2, 0.25) is 0 Å². The van der Waals surface area contributed by atoms with E-state index in [1.807, 2.05) is 6.07 Å². The molecule has 2 rings (SSSR count). The monoisotopic (exact) mass is 268 g/mol. The van der Waals surface area contributed by atoms with Crippen LogP contribution in [0.25, 0.3) is 0 Å². The number of carbonyl (C=O) groups is 1. The Hall–Kier alpha value is -2.87. The fourth-order valence-corrected chi connectivity index (χ4v) is 1.98. The van der Waals surface area contributed by atoms with E-state index < -0.39 is 5.97 Å². The van der Waals surface area contributed by atoms with Gasteiger partial charge in [0.15, 0.2) is 0 Å². The normalized spacial score (nSPS) is 9.95. The Labute approximate surface area is 115 Å². The van der Waals surface area contributed by atoms with Gasteiger partial charge in [-0.1, -0.05) is 24.3 Å². The molecule has 0 spiro atoms. The zero-order valence-electron chi connectivity index (χ0n) is 10.6. The maximum Gasteiger partial charge on any atom is 0.307 e. The molecule has 1 aromatic carbocycles. The molecule has 1 heterocycles. The van der Waals surface area contributed by atoms with Crippen LogP contribution in [0.4, 0.5) is 0 Å². The number of carboxylic acids is 1. The lowest BCUT2D eigenvalue weighted by molar-refractivity contribution is -0.136. The summed E-state index contributed by atoms with van der Waals surface area (Å²) in [5.41, 5.74) is 1.12. The Kier molecular flexibility index (Phi) is 3.96. The zero-order chi connectivity index (χ0) is 14.5. The number of nitrogens with zero attached hydrogens (tertiary/aromatic N) is 2. The molecule has 1 aromatic heterocycles. The third-order valence-electron chi connectivity index (χ3n) is 2.94. The van der Waals surface area contributed by atoms with E-state index in [0.29, 0.717) is 5.56 Å². The van der Waals surface area contributed by atoms with Gasteiger partial charge in [-0.3, -0.25) is 9.59 Å². The van der Waals surface area contributed by atoms with Gasteiger partial charge in [-0.2, -0.15) is 5.26 Å². The van der Waals surface area contributed by atoms with Gasteiger partial charge in [0.25, 0.3) is 5.56 Å². The fourth-order valence-electron chi connectivity index (χ4n) is 1.98. The molecule has 0 unspecified atom stereocenters. The maximum atomic E-state index is 12.0. The average molecular weight is 268 g/mol. The minimum Gasteiger partial charge on any atom is -0.481 e. The van der Waals surface area contributed by atoms with E-state index in [4.69, 9.17) is 10.4 Å². The molecule has 5 heteroatoms. The second-order valence-electron chi connectivity index (χ2n) is 4.31. The Balaban J connectivity index is 2.39. The van der Waals surface area contributed by atoms with E-state index in [-0.39, 0.29) is 24.1 Å². The van der Waals surface area contributed by atoms with Crippen LogP contribution in [0, 0.1) is 11.3 Å². The van der Waals surface area contributed by atoms with Crippen LogP contribution in [0.15, 0.2) is 47.4 Å². The van der Waals surface area contributed by atoms with Crippen LogP contribution in [0.3, 0.4) is 0 Å². The second kappa shape index (κ2) is 5.85. The van der Waals surface area contributed by atoms with Crippen LogP contribution in [0.2, 0.25) is 0 Å². The van der Waals surface area contributed by atoms with Gasteiger partial charge < -0.3 is 9.67 Å². The fraction of sp³-hybridized carbons (Fsp3) is 0.133. The molecule has 2 aromatic rings. The van der Waals surface area contributed by atoms with Crippen molar-refractivity contribution in [2.75, 3.05) is 0 Å². The molecule has 0 fully saturated rings. The van der Waals surface area contributed by atoms with Crippen LogP contribution in [-0.2, 0) is 17.8 Å². The molecule has 100 valence electrons. The molecule has 0 bridgehead atoms. The van der Waals surface area contributed by atoms with Gasteiger partial charge in [-0.15, -0.1) is 0 Å². The number of rotatable bonds is 4. The van der Waals surface area contributed by atoms with E-state index in [2.05, 4.69) is 0 Å². The van der Waals surface area contributed by atoms with Gasteiger partial charge in [0, 0.05) is 6.20 Å². The highest BCUT2D eigenvalue weighted by atomic mass is 16.4. The first-order chi connectivity index (χ1) is 9.61. The highest BCUT2D eigenvalue weighted by Crippen LogP contribution is 2.11. The van der Waals surface area contributed by atoms with Crippen LogP contribution in [0.1, 0.15) is 16.7 Å². The van der Waals surface area contributed by atoms with Crippen molar-refractivity contribution < 1.29 is 9.90 Å². The van der Waals surface area contributed by atoms with Crippen molar-refractivity contribution in [1.82, 2.24) is 4.57 Å². The SMILES string of the molecule is N#Cc1cccn(Cc2ccccc2CC(=O)O)c1=O. The van der Waals surface area contributed by atoms with Crippen LogP contribution < -0.4 is 5.56 Å². The summed E-state index contributed by atoms with van der Waals surface area (Å²) in [5, 5.41) is 17.7. The maximum absolute atomic E-state index is 12.0. The Morgan fingerprint density at radius 2 is 1.90 bits per heavy atom. The van der Waals surface area contributed by atoms with E-state index in [0.717, 1.165) is 5.56 Å². The molecular formula is C15H12N2O3. The number of hydrogen-bond donors (Lipinski definition) is 1. The van der Waals surface area contributed by atoms with Crippen molar-refractivity contribution >= 4 is 5.97 Å². The molecule has 0 aliphatic carbocycles. The number of carboxylic acid groups (broad SMARTS) is 1. The molecule has 0 saturated heterocycles. The average Bonchev–Trinajstić information content (AvgIpc) is 2.42. The lowest BCUT2D eigenvalue weighted by atomic mass is 10.0. The summed E-state index contributed by atoms with van der Waals surface area (Å²) in [6.45, 7) is 0.248. The van der Waals surface area contributed by atoms with E-state index in [9.17, 15) is 9.59 Å². The van der Waals surface area contributed by atoms with Crippen molar-refractivity contribution in [3.05, 3.63) is 69.6 Å². The van der Waals surface area contributed by atoms with E-state index in [1.54, 1.807) is 36.5 Å². The van der Waals surface area contributed by atoms with Gasteiger partial charge >= 0.3 is 5.97 Å². The highest BCUT2D eigenvalue weighted by molar-refractivity contribution is 5.70. The van der Waals surface area contributed by atoms with Crippen LogP contribution in [0.5, 0.6) is 0 Å². The van der Waals surface area contributed by atoms with Gasteiger partial charge in [0.1, 0.15) is 11.6 Å². The zero-order valence-corrected chi connectivity index (χ0v) is 10.6. The third kappa shape index (κ3) is 2.93. The van der Waals surface area contributed by atoms with Crippen LogP contribution >= 0.6 is 0 Å². The summed E-state index contributed by atoms with van der Waals surface area (Å²) < 4.78 is 1.40. The lowest BCUT2D eigenvalue weighted by Gasteiger charge is -2.10. The molecule has 0 aliphatic heterocycles. The minimum absolute atomic E-state index is 0.0724. The largest absolute Gasteiger partial charge is 0.481 e. The first kappa shape index (κ1) is 13.6. The number of aromatic nitrogens is 1. The number of pyridine rings is 1. The molecule has 0 saturated carbocycles. The smallest absolute Gasteiger partial charge is 0.307 e. The molecule has 0 atom stereocenters. The standard InChI is InChI=1S/C15H12N2O3/c16-9-12-6-3-7-17(15(12)20)10-13-5-2-1-4-11(13)8-14(18)19/h1-7H,8,10H2,(H,18,19). The summed E-state index contributed by atoms with van der Waals surface area (Å²) in [6.07, 6.45) is 1.49. The number of hydrogen-bond acceptors (Lipinski definition) is 3. The summed E-state index contributed by atoms with van der Waals surface area (Å²) in [5.74, 6) is -0.921. The number of aliphatic carboxylic acids is 1. The van der Waals surface area contributed by atoms with Crippen molar-refractivity contribution in [1.29, 1.82) is 5.26 Å². The summed E-state index contributed by atoms with van der Waals surface area (Å²) in [7, 11) is 0. The first-order valence-corrected chi connectivity index (χ1v) is 6.00. The minimum atomic E-state index is -0.921. The van der Waals surface area contributed by atoms with Crippen molar-refractivity contribution in [3.63, 3.8) is 0 Å². The van der Waals surface area contributed by atoms with Crippen molar-refractivity contribution in [2.24, 2.45) is 0 Å². The molecule has 0 radical (unpaired) electrons. The number of nitriles is 1. The summed E-state index contributed by atoms with van der Waals surface area (Å²) >= 11 is 0. The van der Waals surface area contributed by atoms with E-state index >= 15 is 0 Å². The quantitative estimate of drug-likeness (QED) is 0.908. The molecule has 1 N–H and O–H groups in total. The molecule has 20 heavy (non-hydrogen) atoms. The topological polar surface area (TPSA) is 83.1 Å². The first-order valence-electron chi connectivity index (χ1n) is 6.00. The Bertz CT molecular complexity index is 741. The molecular weight excluding hydrogens is 256 g/mol. The molecule has 0 aliphatic rings. The van der Waals surface area contributed by atoms with E-state index in [1.165, 1.54) is 10.6 Å².